The number of nitrogens with zero attached hydrogens (tertiary/aromatic N) is 3. The van der Waals surface area contributed by atoms with Crippen molar-refractivity contribution in [2.75, 3.05) is 13.2 Å². The number of nitrogens with one attached hydrogen (secondary N) is 1. The lowest BCUT2D eigenvalue weighted by atomic mass is 9.99. The molecule has 0 fully saturated rings. The molecule has 0 unspecified atom stereocenters. The maximum atomic E-state index is 13.5. The first-order valence-electron chi connectivity index (χ1n) is 12.2. The summed E-state index contributed by atoms with van der Waals surface area (Å²) in [6.45, 7) is 2.73. The molecule has 0 saturated heterocycles. The number of ether oxygens (including phenoxy) is 1. The van der Waals surface area contributed by atoms with E-state index in [-0.39, 0.29) is 30.9 Å². The number of hydrogen-bond acceptors (Lipinski definition) is 4. The molecule has 5 rings (SSSR count). The van der Waals surface area contributed by atoms with Crippen LogP contribution in [0.25, 0.3) is 5.69 Å². The lowest BCUT2D eigenvalue weighted by molar-refractivity contribution is 0.0516. The van der Waals surface area contributed by atoms with Crippen LogP contribution < -0.4 is 5.32 Å². The topological polar surface area (TPSA) is 76.5 Å². The van der Waals surface area contributed by atoms with Gasteiger partial charge in [0.1, 0.15) is 0 Å². The van der Waals surface area contributed by atoms with Crippen LogP contribution in [0.15, 0.2) is 84.9 Å². The van der Waals surface area contributed by atoms with Crippen molar-refractivity contribution in [2.24, 2.45) is 0 Å². The van der Waals surface area contributed by atoms with Crippen LogP contribution in [-0.2, 0) is 17.7 Å². The number of benzene rings is 3. The summed E-state index contributed by atoms with van der Waals surface area (Å²) in [6, 6.07) is 26.5. The van der Waals surface area contributed by atoms with E-state index in [0.29, 0.717) is 23.6 Å². The molecule has 1 aliphatic heterocycles. The number of hydrogen-bond donors (Lipinski definition) is 1. The highest BCUT2D eigenvalue weighted by Gasteiger charge is 2.32. The molecular formula is C29H27ClN4O3. The van der Waals surface area contributed by atoms with Gasteiger partial charge in [0.05, 0.1) is 30.6 Å². The van der Waals surface area contributed by atoms with Crippen molar-refractivity contribution in [3.63, 3.8) is 0 Å². The van der Waals surface area contributed by atoms with Crippen LogP contribution >= 0.6 is 11.6 Å². The molecule has 7 nitrogen and oxygen atoms in total. The highest BCUT2D eigenvalue weighted by atomic mass is 35.5. The Morgan fingerprint density at radius 2 is 1.59 bits per heavy atom. The monoisotopic (exact) mass is 514 g/mol. The second-order valence-electron chi connectivity index (χ2n) is 8.76. The van der Waals surface area contributed by atoms with Crippen LogP contribution in [0.2, 0.25) is 5.02 Å². The number of carbonyl (C=O) groups excluding carboxylic acids is 2. The molecule has 1 aromatic heterocycles. The fraction of sp³-hybridized carbons (Fsp3) is 0.207. The van der Waals surface area contributed by atoms with Crippen LogP contribution in [0.3, 0.4) is 0 Å². The normalized spacial score (nSPS) is 12.8. The van der Waals surface area contributed by atoms with E-state index in [1.54, 1.807) is 28.6 Å². The van der Waals surface area contributed by atoms with Crippen LogP contribution in [0.5, 0.6) is 0 Å². The molecule has 188 valence electrons. The molecule has 0 bridgehead atoms. The van der Waals surface area contributed by atoms with E-state index < -0.39 is 5.97 Å². The summed E-state index contributed by atoms with van der Waals surface area (Å²) in [5.74, 6) is -0.500. The largest absolute Gasteiger partial charge is 0.461 e. The predicted octanol–water partition coefficient (Wildman–Crippen LogP) is 5.56. The smallest absolute Gasteiger partial charge is 0.359 e. The van der Waals surface area contributed by atoms with Gasteiger partial charge in [0.15, 0.2) is 5.69 Å². The van der Waals surface area contributed by atoms with E-state index in [4.69, 9.17) is 16.3 Å². The van der Waals surface area contributed by atoms with Gasteiger partial charge in [-0.25, -0.2) is 14.3 Å². The average molecular weight is 515 g/mol. The lowest BCUT2D eigenvalue weighted by Crippen LogP contribution is -2.44. The molecule has 3 aromatic carbocycles. The van der Waals surface area contributed by atoms with Gasteiger partial charge in [-0.3, -0.25) is 0 Å². The predicted molar refractivity (Wildman–Crippen MR) is 142 cm³/mol. The highest BCUT2D eigenvalue weighted by molar-refractivity contribution is 6.30. The standard InChI is InChI=1S/C29H27ClN4O3/c1-2-37-28(35)27-24-19-33(18-17-25(24)34(32-27)23-15-13-22(30)14-16-23)29(36)31-26(20-9-5-3-6-10-20)21-11-7-4-8-12-21/h3-16,26H,2,17-19H2,1H3,(H,31,36). The Morgan fingerprint density at radius 3 is 2.19 bits per heavy atom. The van der Waals surface area contributed by atoms with E-state index in [2.05, 4.69) is 10.4 Å². The van der Waals surface area contributed by atoms with Gasteiger partial charge in [-0.1, -0.05) is 72.3 Å². The number of halogens is 1. The second-order valence-corrected chi connectivity index (χ2v) is 9.19. The average Bonchev–Trinajstić information content (AvgIpc) is 3.32. The van der Waals surface area contributed by atoms with Crippen molar-refractivity contribution < 1.29 is 14.3 Å². The number of esters is 1. The highest BCUT2D eigenvalue weighted by Crippen LogP contribution is 2.28. The zero-order chi connectivity index (χ0) is 25.8. The second kappa shape index (κ2) is 10.9. The number of rotatable bonds is 6. The summed E-state index contributed by atoms with van der Waals surface area (Å²) in [6.07, 6.45) is 0.541. The molecule has 8 heteroatoms. The Bertz CT molecular complexity index is 1350. The van der Waals surface area contributed by atoms with Gasteiger partial charge >= 0.3 is 12.0 Å². The minimum absolute atomic E-state index is 0.211. The number of aromatic nitrogens is 2. The lowest BCUT2D eigenvalue weighted by Gasteiger charge is -2.30. The summed E-state index contributed by atoms with van der Waals surface area (Å²) >= 11 is 6.07. The van der Waals surface area contributed by atoms with Crippen molar-refractivity contribution in [3.8, 4) is 5.69 Å². The van der Waals surface area contributed by atoms with Crippen molar-refractivity contribution in [1.29, 1.82) is 0 Å². The Labute approximate surface area is 220 Å². The molecule has 0 atom stereocenters. The first kappa shape index (κ1) is 24.6. The van der Waals surface area contributed by atoms with Gasteiger partial charge in [0.25, 0.3) is 0 Å². The third kappa shape index (κ3) is 5.22. The van der Waals surface area contributed by atoms with E-state index in [1.807, 2.05) is 72.8 Å². The molecule has 0 aliphatic carbocycles. The summed E-state index contributed by atoms with van der Waals surface area (Å²) < 4.78 is 7.04. The molecule has 2 heterocycles. The van der Waals surface area contributed by atoms with Gasteiger partial charge < -0.3 is 15.0 Å². The molecule has 37 heavy (non-hydrogen) atoms. The van der Waals surface area contributed by atoms with E-state index >= 15 is 0 Å². The minimum Gasteiger partial charge on any atom is -0.461 e. The number of urea groups is 1. The fourth-order valence-electron chi connectivity index (χ4n) is 4.62. The van der Waals surface area contributed by atoms with Gasteiger partial charge in [-0.2, -0.15) is 5.10 Å². The summed E-state index contributed by atoms with van der Waals surface area (Å²) in [4.78, 5) is 28.1. The van der Waals surface area contributed by atoms with Crippen molar-refractivity contribution in [3.05, 3.63) is 118 Å². The molecule has 2 amide bonds. The van der Waals surface area contributed by atoms with E-state index in [0.717, 1.165) is 22.5 Å². The fourth-order valence-corrected chi connectivity index (χ4v) is 4.74. The van der Waals surface area contributed by atoms with Gasteiger partial charge in [0, 0.05) is 23.6 Å². The van der Waals surface area contributed by atoms with Crippen LogP contribution in [0, 0.1) is 0 Å². The van der Waals surface area contributed by atoms with Crippen LogP contribution in [0.4, 0.5) is 4.79 Å². The summed E-state index contributed by atoms with van der Waals surface area (Å²) in [5, 5.41) is 8.41. The molecule has 1 N–H and O–H groups in total. The zero-order valence-electron chi connectivity index (χ0n) is 20.4. The first-order chi connectivity index (χ1) is 18.0. The van der Waals surface area contributed by atoms with Gasteiger partial charge in [-0.05, 0) is 42.3 Å². The van der Waals surface area contributed by atoms with Crippen molar-refractivity contribution in [1.82, 2.24) is 20.0 Å². The first-order valence-corrected chi connectivity index (χ1v) is 12.6. The zero-order valence-corrected chi connectivity index (χ0v) is 21.2. The van der Waals surface area contributed by atoms with Crippen molar-refractivity contribution in [2.45, 2.75) is 25.9 Å². The van der Waals surface area contributed by atoms with Crippen LogP contribution in [-0.4, -0.2) is 39.8 Å². The van der Waals surface area contributed by atoms with Crippen molar-refractivity contribution >= 4 is 23.6 Å². The molecule has 1 aliphatic rings. The summed E-state index contributed by atoms with van der Waals surface area (Å²) in [7, 11) is 0. The Balaban J connectivity index is 1.44. The Kier molecular flexibility index (Phi) is 7.23. The molecule has 4 aromatic rings. The number of amides is 2. The Morgan fingerprint density at radius 1 is 0.973 bits per heavy atom. The Hall–Kier alpha value is -4.10. The van der Waals surface area contributed by atoms with Crippen LogP contribution in [0.1, 0.15) is 45.8 Å². The maximum absolute atomic E-state index is 13.5. The van der Waals surface area contributed by atoms with Gasteiger partial charge in [-0.15, -0.1) is 0 Å². The number of fused-ring (bicyclic) bond motifs is 1. The molecule has 0 saturated carbocycles. The summed E-state index contributed by atoms with van der Waals surface area (Å²) in [5.41, 5.74) is 4.59. The quantitative estimate of drug-likeness (QED) is 0.342. The molecule has 0 radical (unpaired) electrons. The maximum Gasteiger partial charge on any atom is 0.359 e. The number of carbonyl (C=O) groups is 2. The third-order valence-electron chi connectivity index (χ3n) is 6.42. The third-order valence-corrected chi connectivity index (χ3v) is 6.67. The van der Waals surface area contributed by atoms with E-state index in [9.17, 15) is 9.59 Å². The minimum atomic E-state index is -0.500. The van der Waals surface area contributed by atoms with Gasteiger partial charge in [0.2, 0.25) is 0 Å². The van der Waals surface area contributed by atoms with E-state index in [1.165, 1.54) is 0 Å². The molecular weight excluding hydrogens is 488 g/mol. The SMILES string of the molecule is CCOC(=O)c1nn(-c2ccc(Cl)cc2)c2c1CN(C(=O)NC(c1ccccc1)c1ccccc1)CC2. The molecule has 0 spiro atoms.